The largest absolute Gasteiger partial charge is 0.419 e. The molecule has 38 heavy (non-hydrogen) atoms. The van der Waals surface area contributed by atoms with Crippen molar-refractivity contribution in [3.05, 3.63) is 99.5 Å². The average Bonchev–Trinajstić information content (AvgIpc) is 3.47. The summed E-state index contributed by atoms with van der Waals surface area (Å²) in [5, 5.41) is 0. The van der Waals surface area contributed by atoms with Gasteiger partial charge in [0.05, 0.1) is 11.1 Å². The van der Waals surface area contributed by atoms with Crippen LogP contribution in [-0.2, 0) is 19.1 Å². The Labute approximate surface area is 219 Å². The second kappa shape index (κ2) is 9.98. The number of fused-ring (bicyclic) bond motifs is 2. The number of nitrogens with zero attached hydrogens (tertiary/aromatic N) is 3. The second-order valence-corrected chi connectivity index (χ2v) is 10.3. The predicted molar refractivity (Wildman–Crippen MR) is 142 cm³/mol. The van der Waals surface area contributed by atoms with Gasteiger partial charge in [0.1, 0.15) is 0 Å². The highest BCUT2D eigenvalue weighted by Gasteiger charge is 2.31. The molecule has 0 bridgehead atoms. The lowest BCUT2D eigenvalue weighted by atomic mass is 9.93. The molecule has 0 amide bonds. The number of benzene rings is 3. The molecule has 1 unspecified atom stereocenters. The Morgan fingerprint density at radius 3 is 2.45 bits per heavy atom. The number of hydrogen-bond acceptors (Lipinski definition) is 4. The molecule has 0 spiro atoms. The third kappa shape index (κ3) is 4.85. The van der Waals surface area contributed by atoms with Crippen molar-refractivity contribution in [2.45, 2.75) is 37.9 Å². The van der Waals surface area contributed by atoms with E-state index >= 15 is 0 Å². The van der Waals surface area contributed by atoms with Crippen molar-refractivity contribution in [2.24, 2.45) is 0 Å². The maximum absolute atomic E-state index is 13.1. The van der Waals surface area contributed by atoms with Gasteiger partial charge in [-0.05, 0) is 72.8 Å². The molecule has 5 nitrogen and oxygen atoms in total. The molecule has 1 fully saturated rings. The topological polar surface area (TPSA) is 41.6 Å². The highest BCUT2D eigenvalue weighted by Crippen LogP contribution is 2.40. The fourth-order valence-corrected chi connectivity index (χ4v) is 5.97. The van der Waals surface area contributed by atoms with Gasteiger partial charge in [0.25, 0.3) is 0 Å². The molecule has 1 atom stereocenters. The highest BCUT2D eigenvalue weighted by atomic mass is 19.4. The molecule has 1 aliphatic heterocycles. The number of hydrogen-bond donors (Lipinski definition) is 0. The van der Waals surface area contributed by atoms with Crippen LogP contribution in [0.25, 0.3) is 11.1 Å². The summed E-state index contributed by atoms with van der Waals surface area (Å²) in [6.07, 6.45) is -1.51. The summed E-state index contributed by atoms with van der Waals surface area (Å²) in [6.45, 7) is 4.25. The van der Waals surface area contributed by atoms with Gasteiger partial charge in [-0.25, -0.2) is 4.79 Å². The first-order valence-corrected chi connectivity index (χ1v) is 13.2. The van der Waals surface area contributed by atoms with E-state index in [0.717, 1.165) is 50.5 Å². The summed E-state index contributed by atoms with van der Waals surface area (Å²) in [5.74, 6) is 0.0106. The van der Waals surface area contributed by atoms with E-state index in [1.54, 1.807) is 10.6 Å². The summed E-state index contributed by atoms with van der Waals surface area (Å²) < 4.78 is 46.6. The van der Waals surface area contributed by atoms with Gasteiger partial charge in [0.2, 0.25) is 0 Å². The minimum absolute atomic E-state index is 0.325. The molecule has 4 aromatic rings. The van der Waals surface area contributed by atoms with Crippen LogP contribution >= 0.6 is 0 Å². The smallest absolute Gasteiger partial charge is 0.408 e. The predicted octanol–water partition coefficient (Wildman–Crippen LogP) is 5.90. The molecule has 2 aliphatic rings. The van der Waals surface area contributed by atoms with Gasteiger partial charge in [0, 0.05) is 44.3 Å². The first-order valence-electron chi connectivity index (χ1n) is 13.2. The quantitative estimate of drug-likeness (QED) is 0.317. The average molecular weight is 522 g/mol. The fraction of sp³-hybridized carbons (Fsp3) is 0.367. The molecule has 1 saturated heterocycles. The van der Waals surface area contributed by atoms with Crippen LogP contribution in [0.4, 0.5) is 18.9 Å². The van der Waals surface area contributed by atoms with Crippen molar-refractivity contribution >= 4 is 16.8 Å². The number of alkyl halides is 3. The maximum atomic E-state index is 13.1. The fourth-order valence-electron chi connectivity index (χ4n) is 5.97. The lowest BCUT2D eigenvalue weighted by Crippen LogP contribution is -2.46. The highest BCUT2D eigenvalue weighted by molar-refractivity contribution is 5.76. The van der Waals surface area contributed by atoms with E-state index in [1.165, 1.54) is 28.8 Å². The molecule has 198 valence electrons. The minimum atomic E-state index is -4.34. The Morgan fingerprint density at radius 1 is 0.895 bits per heavy atom. The van der Waals surface area contributed by atoms with Crippen molar-refractivity contribution in [3.8, 4) is 0 Å². The summed E-state index contributed by atoms with van der Waals surface area (Å²) in [6, 6.07) is 20.2. The Kier molecular flexibility index (Phi) is 6.51. The third-order valence-corrected chi connectivity index (χ3v) is 7.98. The number of oxazole rings is 1. The van der Waals surface area contributed by atoms with Gasteiger partial charge in [-0.15, -0.1) is 0 Å². The molecular formula is C30H30F3N3O2. The van der Waals surface area contributed by atoms with E-state index in [1.807, 2.05) is 17.0 Å². The Morgan fingerprint density at radius 2 is 1.68 bits per heavy atom. The molecule has 6 rings (SSSR count). The van der Waals surface area contributed by atoms with Crippen LogP contribution < -0.4 is 10.7 Å². The van der Waals surface area contributed by atoms with Crippen LogP contribution in [0, 0.1) is 0 Å². The third-order valence-electron chi connectivity index (χ3n) is 7.98. The van der Waals surface area contributed by atoms with Gasteiger partial charge in [0.15, 0.2) is 5.58 Å². The molecule has 3 aromatic carbocycles. The molecule has 2 heterocycles. The summed E-state index contributed by atoms with van der Waals surface area (Å²) in [7, 11) is 0. The number of anilines is 1. The van der Waals surface area contributed by atoms with Crippen molar-refractivity contribution in [3.63, 3.8) is 0 Å². The minimum Gasteiger partial charge on any atom is -0.408 e. The number of rotatable bonds is 6. The number of halogens is 3. The monoisotopic (exact) mass is 521 g/mol. The van der Waals surface area contributed by atoms with Crippen molar-refractivity contribution in [2.75, 3.05) is 37.6 Å². The Balaban J connectivity index is 1.09. The normalized spacial score (nSPS) is 18.3. The Bertz CT molecular complexity index is 1480. The van der Waals surface area contributed by atoms with E-state index in [2.05, 4.69) is 35.2 Å². The zero-order chi connectivity index (χ0) is 26.3. The van der Waals surface area contributed by atoms with Crippen LogP contribution in [-0.4, -0.2) is 42.2 Å². The van der Waals surface area contributed by atoms with E-state index in [-0.39, 0.29) is 5.76 Å². The van der Waals surface area contributed by atoms with Crippen LogP contribution in [0.1, 0.15) is 41.0 Å². The first-order chi connectivity index (χ1) is 18.4. The van der Waals surface area contributed by atoms with E-state index in [0.29, 0.717) is 36.8 Å². The molecule has 0 saturated carbocycles. The number of aromatic nitrogens is 1. The van der Waals surface area contributed by atoms with Crippen LogP contribution in [0.5, 0.6) is 0 Å². The number of piperazine rings is 1. The lowest BCUT2D eigenvalue weighted by molar-refractivity contribution is -0.137. The van der Waals surface area contributed by atoms with Gasteiger partial charge < -0.3 is 9.32 Å². The lowest BCUT2D eigenvalue weighted by Gasteiger charge is -2.36. The molecule has 0 radical (unpaired) electrons. The van der Waals surface area contributed by atoms with Gasteiger partial charge in [-0.3, -0.25) is 9.47 Å². The summed E-state index contributed by atoms with van der Waals surface area (Å²) in [4.78, 5) is 17.0. The van der Waals surface area contributed by atoms with Gasteiger partial charge >= 0.3 is 11.9 Å². The zero-order valence-electron chi connectivity index (χ0n) is 21.1. The SMILES string of the molecule is O=c1oc2cc3c(cc2n1CCCN1CCN(c2cccc(C(F)(F)F)c2)CC1)C(c1ccccc1)CC3. The van der Waals surface area contributed by atoms with E-state index < -0.39 is 11.7 Å². The number of aryl methyl sites for hydroxylation is 2. The van der Waals surface area contributed by atoms with Gasteiger partial charge in [-0.1, -0.05) is 36.4 Å². The molecule has 0 N–H and O–H groups in total. The van der Waals surface area contributed by atoms with Crippen molar-refractivity contribution < 1.29 is 17.6 Å². The van der Waals surface area contributed by atoms with Crippen LogP contribution in [0.3, 0.4) is 0 Å². The van der Waals surface area contributed by atoms with Crippen molar-refractivity contribution in [1.29, 1.82) is 0 Å². The summed E-state index contributed by atoms with van der Waals surface area (Å²) in [5.41, 5.74) is 5.33. The maximum Gasteiger partial charge on any atom is 0.419 e. The van der Waals surface area contributed by atoms with Crippen LogP contribution in [0.2, 0.25) is 0 Å². The van der Waals surface area contributed by atoms with E-state index in [9.17, 15) is 18.0 Å². The molecular weight excluding hydrogens is 491 g/mol. The standard InChI is InChI=1S/C30H30F3N3O2/c31-30(32,33)23-8-4-9-24(19-23)35-16-14-34(15-17-35)12-5-13-36-27-20-26-22(18-28(27)38-29(36)37)10-11-25(26)21-6-2-1-3-7-21/h1-4,6-9,18-20,25H,5,10-17H2. The second-order valence-electron chi connectivity index (χ2n) is 10.3. The van der Waals surface area contributed by atoms with Gasteiger partial charge in [-0.2, -0.15) is 13.2 Å². The molecule has 1 aromatic heterocycles. The summed E-state index contributed by atoms with van der Waals surface area (Å²) >= 11 is 0. The van der Waals surface area contributed by atoms with E-state index in [4.69, 9.17) is 4.42 Å². The molecule has 1 aliphatic carbocycles. The van der Waals surface area contributed by atoms with Crippen LogP contribution in [0.15, 0.2) is 75.9 Å². The first kappa shape index (κ1) is 24.8. The Hall–Kier alpha value is -3.52. The zero-order valence-corrected chi connectivity index (χ0v) is 21.1. The molecule has 8 heteroatoms. The van der Waals surface area contributed by atoms with Crippen molar-refractivity contribution in [1.82, 2.24) is 9.47 Å².